The van der Waals surface area contributed by atoms with Crippen molar-refractivity contribution < 1.29 is 13.2 Å². The van der Waals surface area contributed by atoms with Crippen LogP contribution in [0.15, 0.2) is 51.8 Å². The van der Waals surface area contributed by atoms with E-state index in [1.807, 2.05) is 25.2 Å². The van der Waals surface area contributed by atoms with Gasteiger partial charge >= 0.3 is 0 Å². The van der Waals surface area contributed by atoms with Gasteiger partial charge in [-0.1, -0.05) is 22.0 Å². The maximum atomic E-state index is 13.2. The lowest BCUT2D eigenvalue weighted by molar-refractivity contribution is 0.0985. The van der Waals surface area contributed by atoms with Gasteiger partial charge in [0, 0.05) is 48.4 Å². The molecule has 1 amide bonds. The quantitative estimate of drug-likeness (QED) is 0.681. The van der Waals surface area contributed by atoms with Gasteiger partial charge in [0.2, 0.25) is 10.0 Å². The second-order valence-corrected chi connectivity index (χ2v) is 10.4. The highest BCUT2D eigenvalue weighted by Crippen LogP contribution is 2.31. The molecule has 2 aliphatic heterocycles. The monoisotopic (exact) mass is 477 g/mol. The number of sulfonamides is 1. The average molecular weight is 478 g/mol. The van der Waals surface area contributed by atoms with Crippen molar-refractivity contribution in [2.75, 3.05) is 44.7 Å². The number of halogens is 1. The van der Waals surface area contributed by atoms with Crippen LogP contribution in [-0.4, -0.2) is 63.3 Å². The maximum absolute atomic E-state index is 13.2. The summed E-state index contributed by atoms with van der Waals surface area (Å²) in [6.07, 6.45) is 1.81. The number of amides is 1. The van der Waals surface area contributed by atoms with Crippen molar-refractivity contribution in [3.63, 3.8) is 0 Å². The molecular formula is C21H24BrN3O3S. The Balaban J connectivity index is 1.62. The van der Waals surface area contributed by atoms with Gasteiger partial charge in [0.1, 0.15) is 0 Å². The summed E-state index contributed by atoms with van der Waals surface area (Å²) in [5.74, 6) is -0.163. The molecule has 2 aromatic rings. The van der Waals surface area contributed by atoms with Crippen molar-refractivity contribution in [1.29, 1.82) is 0 Å². The zero-order valence-corrected chi connectivity index (χ0v) is 18.7. The summed E-state index contributed by atoms with van der Waals surface area (Å²) < 4.78 is 28.6. The number of hydrogen-bond acceptors (Lipinski definition) is 4. The standard InChI is InChI=1S/C21H24BrN3O3S/c1-23-10-12-24(13-11-23)29(27,28)19-6-2-4-17(15-19)21(26)25-9-3-5-16-14-18(22)7-8-20(16)25/h2,4,6-8,14-15H,3,5,9-13H2,1H3. The van der Waals surface area contributed by atoms with Crippen LogP contribution < -0.4 is 4.90 Å². The number of hydrogen-bond donors (Lipinski definition) is 0. The number of aryl methyl sites for hydroxylation is 1. The molecule has 0 bridgehead atoms. The molecule has 0 N–H and O–H groups in total. The molecule has 4 rings (SSSR count). The number of carbonyl (C=O) groups is 1. The smallest absolute Gasteiger partial charge is 0.258 e. The topological polar surface area (TPSA) is 60.9 Å². The summed E-state index contributed by atoms with van der Waals surface area (Å²) in [5.41, 5.74) is 2.42. The second-order valence-electron chi connectivity index (χ2n) is 7.57. The van der Waals surface area contributed by atoms with Gasteiger partial charge in [0.25, 0.3) is 5.91 Å². The summed E-state index contributed by atoms with van der Waals surface area (Å²) in [6.45, 7) is 2.97. The van der Waals surface area contributed by atoms with E-state index in [0.717, 1.165) is 28.6 Å². The molecule has 0 atom stereocenters. The second kappa shape index (κ2) is 8.18. The van der Waals surface area contributed by atoms with Crippen molar-refractivity contribution in [3.05, 3.63) is 58.1 Å². The number of nitrogens with zero attached hydrogens (tertiary/aromatic N) is 3. The Morgan fingerprint density at radius 1 is 1.00 bits per heavy atom. The van der Waals surface area contributed by atoms with Crippen molar-refractivity contribution in [3.8, 4) is 0 Å². The van der Waals surface area contributed by atoms with Gasteiger partial charge in [-0.15, -0.1) is 0 Å². The molecule has 0 spiro atoms. The highest BCUT2D eigenvalue weighted by atomic mass is 79.9. The van der Waals surface area contributed by atoms with Crippen molar-refractivity contribution in [1.82, 2.24) is 9.21 Å². The lowest BCUT2D eigenvalue weighted by atomic mass is 10.0. The first-order chi connectivity index (χ1) is 13.9. The molecule has 154 valence electrons. The van der Waals surface area contributed by atoms with E-state index >= 15 is 0 Å². The Hall–Kier alpha value is -1.74. The van der Waals surface area contributed by atoms with Crippen molar-refractivity contribution >= 4 is 37.5 Å². The average Bonchev–Trinajstić information content (AvgIpc) is 2.73. The fourth-order valence-electron chi connectivity index (χ4n) is 3.90. The van der Waals surface area contributed by atoms with Crippen LogP contribution in [0.4, 0.5) is 5.69 Å². The molecular weight excluding hydrogens is 454 g/mol. The molecule has 0 aromatic heterocycles. The fourth-order valence-corrected chi connectivity index (χ4v) is 5.78. The van der Waals surface area contributed by atoms with Crippen molar-refractivity contribution in [2.45, 2.75) is 17.7 Å². The van der Waals surface area contributed by atoms with Crippen LogP contribution >= 0.6 is 15.9 Å². The predicted molar refractivity (Wildman–Crippen MR) is 117 cm³/mol. The Labute approximate surface area is 180 Å². The fraction of sp³-hybridized carbons (Fsp3) is 0.381. The third-order valence-corrected chi connectivity index (χ3v) is 7.97. The Kier molecular flexibility index (Phi) is 5.79. The van der Waals surface area contributed by atoms with E-state index in [0.29, 0.717) is 38.3 Å². The van der Waals surface area contributed by atoms with Crippen LogP contribution in [0.1, 0.15) is 22.3 Å². The minimum absolute atomic E-state index is 0.163. The van der Waals surface area contributed by atoms with Gasteiger partial charge in [-0.2, -0.15) is 4.31 Å². The number of carbonyl (C=O) groups excluding carboxylic acids is 1. The van der Waals surface area contributed by atoms with E-state index in [-0.39, 0.29) is 10.8 Å². The van der Waals surface area contributed by atoms with Crippen LogP contribution in [0.25, 0.3) is 0 Å². The lowest BCUT2D eigenvalue weighted by Crippen LogP contribution is -2.47. The number of fused-ring (bicyclic) bond motifs is 1. The number of benzene rings is 2. The third-order valence-electron chi connectivity index (χ3n) is 5.59. The van der Waals surface area contributed by atoms with E-state index in [4.69, 9.17) is 0 Å². The normalized spacial score (nSPS) is 18.5. The van der Waals surface area contributed by atoms with Gasteiger partial charge in [0.15, 0.2) is 0 Å². The Morgan fingerprint density at radius 2 is 1.76 bits per heavy atom. The maximum Gasteiger partial charge on any atom is 0.258 e. The SMILES string of the molecule is CN1CCN(S(=O)(=O)c2cccc(C(=O)N3CCCc4cc(Br)ccc43)c2)CC1. The van der Waals surface area contributed by atoms with Gasteiger partial charge in [-0.3, -0.25) is 4.79 Å². The van der Waals surface area contributed by atoms with E-state index in [1.165, 1.54) is 10.4 Å². The van der Waals surface area contributed by atoms with Crippen LogP contribution in [0, 0.1) is 0 Å². The van der Waals surface area contributed by atoms with Gasteiger partial charge in [0.05, 0.1) is 4.90 Å². The molecule has 2 aromatic carbocycles. The number of rotatable bonds is 3. The molecule has 29 heavy (non-hydrogen) atoms. The lowest BCUT2D eigenvalue weighted by Gasteiger charge is -2.32. The van der Waals surface area contributed by atoms with E-state index in [2.05, 4.69) is 20.8 Å². The van der Waals surface area contributed by atoms with Crippen LogP contribution in [0.2, 0.25) is 0 Å². The molecule has 0 saturated carbocycles. The van der Waals surface area contributed by atoms with E-state index in [1.54, 1.807) is 23.1 Å². The first kappa shape index (κ1) is 20.5. The van der Waals surface area contributed by atoms with Gasteiger partial charge in [-0.25, -0.2) is 8.42 Å². The van der Waals surface area contributed by atoms with E-state index in [9.17, 15) is 13.2 Å². The number of piperazine rings is 1. The first-order valence-electron chi connectivity index (χ1n) is 9.75. The molecule has 0 radical (unpaired) electrons. The summed E-state index contributed by atoms with van der Waals surface area (Å²) in [7, 11) is -1.62. The zero-order chi connectivity index (χ0) is 20.6. The highest BCUT2D eigenvalue weighted by molar-refractivity contribution is 9.10. The minimum Gasteiger partial charge on any atom is -0.308 e. The highest BCUT2D eigenvalue weighted by Gasteiger charge is 2.29. The molecule has 2 heterocycles. The first-order valence-corrected chi connectivity index (χ1v) is 12.0. The van der Waals surface area contributed by atoms with Crippen molar-refractivity contribution in [2.24, 2.45) is 0 Å². The van der Waals surface area contributed by atoms with Crippen LogP contribution in [0.5, 0.6) is 0 Å². The summed E-state index contributed by atoms with van der Waals surface area (Å²) >= 11 is 3.49. The predicted octanol–water partition coefficient (Wildman–Crippen LogP) is 2.98. The molecule has 0 unspecified atom stereocenters. The Morgan fingerprint density at radius 3 is 2.52 bits per heavy atom. The minimum atomic E-state index is -3.61. The van der Waals surface area contributed by atoms with Crippen LogP contribution in [-0.2, 0) is 16.4 Å². The van der Waals surface area contributed by atoms with E-state index < -0.39 is 10.0 Å². The summed E-state index contributed by atoms with van der Waals surface area (Å²) in [4.78, 5) is 17.3. The summed E-state index contributed by atoms with van der Waals surface area (Å²) in [5, 5.41) is 0. The van der Waals surface area contributed by atoms with Crippen LogP contribution in [0.3, 0.4) is 0 Å². The molecule has 2 aliphatic rings. The molecule has 0 aliphatic carbocycles. The zero-order valence-electron chi connectivity index (χ0n) is 16.3. The van der Waals surface area contributed by atoms with Gasteiger partial charge < -0.3 is 9.80 Å². The summed E-state index contributed by atoms with van der Waals surface area (Å²) in [6, 6.07) is 12.4. The Bertz CT molecular complexity index is 1030. The number of likely N-dealkylation sites (N-methyl/N-ethyl adjacent to an activating group) is 1. The molecule has 1 saturated heterocycles. The molecule has 6 nitrogen and oxygen atoms in total. The third kappa shape index (κ3) is 4.12. The molecule has 8 heteroatoms. The number of anilines is 1. The van der Waals surface area contributed by atoms with Gasteiger partial charge in [-0.05, 0) is 61.9 Å². The largest absolute Gasteiger partial charge is 0.308 e. The molecule has 1 fully saturated rings.